The van der Waals surface area contributed by atoms with Gasteiger partial charge < -0.3 is 5.11 Å². The molecule has 5 rings (SSSR count). The average molecular weight is 453 g/mol. The normalized spacial score (nSPS) is 43.0. The van der Waals surface area contributed by atoms with E-state index in [2.05, 4.69) is 40.7 Å². The third-order valence-corrected chi connectivity index (χ3v) is 12.2. The molecule has 0 saturated heterocycles. The molecule has 0 aliphatic heterocycles. The Kier molecular flexibility index (Phi) is 6.46. The maximum absolute atomic E-state index is 11.3. The zero-order valence-corrected chi connectivity index (χ0v) is 22.5. The first kappa shape index (κ1) is 24.1. The number of hydrogen-bond acceptors (Lipinski definition) is 1. The summed E-state index contributed by atoms with van der Waals surface area (Å²) in [6.07, 6.45) is 22.4. The Balaban J connectivity index is 1.41. The van der Waals surface area contributed by atoms with Crippen LogP contribution in [0.15, 0.2) is 22.8 Å². The van der Waals surface area contributed by atoms with Crippen molar-refractivity contribution in [1.82, 2.24) is 0 Å². The summed E-state index contributed by atoms with van der Waals surface area (Å²) in [6, 6.07) is 0. The first-order valence-corrected chi connectivity index (χ1v) is 14.8. The largest absolute Gasteiger partial charge is 0.393 e. The number of allylic oxidation sites excluding steroid dienone is 4. The summed E-state index contributed by atoms with van der Waals surface area (Å²) in [5.41, 5.74) is 6.47. The standard InChI is InChI=1S/C32H52O/c1-22(2)10-9-11-23(3)25-13-14-26-24-12-15-28-31(5,27(24)16-20-30(25,26)4)21-17-29(33)32(28)18-7-6-8-19-32/h10,23,25-26,28-29,33H,6-9,11-21H2,1-5H3/t23-,25-,26+,28?,29+,30-,31-/m1/s1. The van der Waals surface area contributed by atoms with E-state index in [0.29, 0.717) is 10.8 Å². The quantitative estimate of drug-likeness (QED) is 0.422. The number of aliphatic hydroxyl groups is 1. The molecule has 0 aromatic heterocycles. The van der Waals surface area contributed by atoms with Gasteiger partial charge in [0.25, 0.3) is 0 Å². The summed E-state index contributed by atoms with van der Waals surface area (Å²) in [7, 11) is 0. The predicted molar refractivity (Wildman–Crippen MR) is 140 cm³/mol. The number of hydrogen-bond donors (Lipinski definition) is 1. The molecule has 0 aromatic rings. The van der Waals surface area contributed by atoms with Crippen molar-refractivity contribution in [3.8, 4) is 0 Å². The number of rotatable bonds is 4. The van der Waals surface area contributed by atoms with Gasteiger partial charge in [0.1, 0.15) is 0 Å². The van der Waals surface area contributed by atoms with Crippen LogP contribution in [0.4, 0.5) is 0 Å². The van der Waals surface area contributed by atoms with Gasteiger partial charge in [0, 0.05) is 0 Å². The van der Waals surface area contributed by atoms with Crippen LogP contribution in [0, 0.1) is 39.9 Å². The molecule has 0 heterocycles. The third kappa shape index (κ3) is 3.73. The Labute approximate surface area is 204 Å². The SMILES string of the molecule is CC(C)=CCC[C@@H](C)[C@H]1CC[C@H]2C3=C(CC[C@]12C)[C@@]1(C)CC[C@H](O)C2(CCCCC2)C1CC3. The van der Waals surface area contributed by atoms with Gasteiger partial charge in [-0.15, -0.1) is 0 Å². The van der Waals surface area contributed by atoms with Crippen LogP contribution in [0.2, 0.25) is 0 Å². The highest BCUT2D eigenvalue weighted by atomic mass is 16.3. The fraction of sp³-hybridized carbons (Fsp3) is 0.875. The monoisotopic (exact) mass is 452 g/mol. The molecule has 3 saturated carbocycles. The van der Waals surface area contributed by atoms with Crippen LogP contribution in [0.1, 0.15) is 131 Å². The van der Waals surface area contributed by atoms with Crippen molar-refractivity contribution in [3.05, 3.63) is 22.8 Å². The van der Waals surface area contributed by atoms with E-state index in [1.54, 1.807) is 0 Å². The van der Waals surface area contributed by atoms with Crippen LogP contribution in [0.3, 0.4) is 0 Å². The summed E-state index contributed by atoms with van der Waals surface area (Å²) in [5, 5.41) is 11.3. The van der Waals surface area contributed by atoms with Gasteiger partial charge in [-0.25, -0.2) is 0 Å². The molecule has 1 unspecified atom stereocenters. The minimum atomic E-state index is -0.0376. The molecule has 1 heteroatoms. The lowest BCUT2D eigenvalue weighted by Crippen LogP contribution is -2.56. The highest BCUT2D eigenvalue weighted by molar-refractivity contribution is 5.35. The molecule has 0 aromatic carbocycles. The Morgan fingerprint density at radius 3 is 2.45 bits per heavy atom. The van der Waals surface area contributed by atoms with Crippen LogP contribution in [0.25, 0.3) is 0 Å². The van der Waals surface area contributed by atoms with Gasteiger partial charge in [0.2, 0.25) is 0 Å². The van der Waals surface area contributed by atoms with E-state index in [1.165, 1.54) is 95.5 Å². The second-order valence-corrected chi connectivity index (χ2v) is 13.9. The fourth-order valence-electron chi connectivity index (χ4n) is 10.6. The van der Waals surface area contributed by atoms with Crippen molar-refractivity contribution in [2.24, 2.45) is 39.9 Å². The second kappa shape index (κ2) is 8.83. The van der Waals surface area contributed by atoms with Gasteiger partial charge in [0.15, 0.2) is 0 Å². The van der Waals surface area contributed by atoms with Crippen molar-refractivity contribution < 1.29 is 5.11 Å². The zero-order valence-electron chi connectivity index (χ0n) is 22.5. The Hall–Kier alpha value is -0.560. The van der Waals surface area contributed by atoms with E-state index in [4.69, 9.17) is 0 Å². The lowest BCUT2D eigenvalue weighted by Gasteiger charge is -2.62. The van der Waals surface area contributed by atoms with E-state index in [1.807, 2.05) is 11.1 Å². The lowest BCUT2D eigenvalue weighted by atomic mass is 9.43. The molecule has 1 nitrogen and oxygen atoms in total. The summed E-state index contributed by atoms with van der Waals surface area (Å²) in [4.78, 5) is 0. The molecule has 7 atom stereocenters. The third-order valence-electron chi connectivity index (χ3n) is 12.2. The zero-order chi connectivity index (χ0) is 23.4. The van der Waals surface area contributed by atoms with Gasteiger partial charge in [-0.05, 0) is 131 Å². The molecule has 0 radical (unpaired) electrons. The van der Waals surface area contributed by atoms with E-state index in [0.717, 1.165) is 30.1 Å². The van der Waals surface area contributed by atoms with Crippen molar-refractivity contribution in [3.63, 3.8) is 0 Å². The smallest absolute Gasteiger partial charge is 0.0599 e. The lowest BCUT2D eigenvalue weighted by molar-refractivity contribution is -0.131. The van der Waals surface area contributed by atoms with Gasteiger partial charge >= 0.3 is 0 Å². The maximum Gasteiger partial charge on any atom is 0.0599 e. The molecule has 186 valence electrons. The number of fused-ring (bicyclic) bond motifs is 5. The second-order valence-electron chi connectivity index (χ2n) is 13.9. The minimum Gasteiger partial charge on any atom is -0.393 e. The van der Waals surface area contributed by atoms with Crippen molar-refractivity contribution in [2.45, 2.75) is 137 Å². The van der Waals surface area contributed by atoms with Crippen LogP contribution >= 0.6 is 0 Å². The average Bonchev–Trinajstić information content (AvgIpc) is 3.14. The van der Waals surface area contributed by atoms with Gasteiger partial charge in [-0.2, -0.15) is 0 Å². The van der Waals surface area contributed by atoms with Crippen LogP contribution in [0.5, 0.6) is 0 Å². The minimum absolute atomic E-state index is 0.0376. The first-order valence-electron chi connectivity index (χ1n) is 14.8. The highest BCUT2D eigenvalue weighted by Crippen LogP contribution is 2.69. The van der Waals surface area contributed by atoms with E-state index >= 15 is 0 Å². The summed E-state index contributed by atoms with van der Waals surface area (Å²) >= 11 is 0. The highest BCUT2D eigenvalue weighted by Gasteiger charge is 2.61. The molecule has 33 heavy (non-hydrogen) atoms. The van der Waals surface area contributed by atoms with Gasteiger partial charge in [-0.3, -0.25) is 0 Å². The van der Waals surface area contributed by atoms with Crippen LogP contribution in [-0.4, -0.2) is 11.2 Å². The topological polar surface area (TPSA) is 20.2 Å². The van der Waals surface area contributed by atoms with Gasteiger partial charge in [-0.1, -0.05) is 62.8 Å². The first-order chi connectivity index (χ1) is 15.7. The predicted octanol–water partition coefficient (Wildman–Crippen LogP) is 9.01. The Bertz CT molecular complexity index is 793. The maximum atomic E-state index is 11.3. The molecule has 5 aliphatic rings. The Morgan fingerprint density at radius 1 is 0.970 bits per heavy atom. The molecular weight excluding hydrogens is 400 g/mol. The Morgan fingerprint density at radius 2 is 1.73 bits per heavy atom. The van der Waals surface area contributed by atoms with Crippen molar-refractivity contribution in [1.29, 1.82) is 0 Å². The number of aliphatic hydroxyl groups excluding tert-OH is 1. The molecule has 0 bridgehead atoms. The van der Waals surface area contributed by atoms with Crippen LogP contribution < -0.4 is 0 Å². The summed E-state index contributed by atoms with van der Waals surface area (Å²) in [5.74, 6) is 3.34. The van der Waals surface area contributed by atoms with E-state index in [-0.39, 0.29) is 11.5 Å². The molecule has 5 aliphatic carbocycles. The van der Waals surface area contributed by atoms with Gasteiger partial charge in [0.05, 0.1) is 6.10 Å². The van der Waals surface area contributed by atoms with E-state index < -0.39 is 0 Å². The molecular formula is C32H52O. The molecule has 3 fully saturated rings. The molecule has 0 amide bonds. The summed E-state index contributed by atoms with van der Waals surface area (Å²) in [6.45, 7) is 12.4. The summed E-state index contributed by atoms with van der Waals surface area (Å²) < 4.78 is 0. The van der Waals surface area contributed by atoms with E-state index in [9.17, 15) is 5.11 Å². The van der Waals surface area contributed by atoms with Crippen molar-refractivity contribution in [2.75, 3.05) is 0 Å². The molecule has 1 N–H and O–H groups in total. The van der Waals surface area contributed by atoms with Crippen molar-refractivity contribution >= 4 is 0 Å². The molecule has 1 spiro atoms. The van der Waals surface area contributed by atoms with Crippen LogP contribution in [-0.2, 0) is 0 Å². The fourth-order valence-corrected chi connectivity index (χ4v) is 10.6.